The van der Waals surface area contributed by atoms with Gasteiger partial charge in [-0.1, -0.05) is 43.1 Å². The van der Waals surface area contributed by atoms with Crippen LogP contribution in [0.15, 0.2) is 30.3 Å². The Bertz CT molecular complexity index is 535. The van der Waals surface area contributed by atoms with Gasteiger partial charge in [0.2, 0.25) is 5.95 Å². The van der Waals surface area contributed by atoms with Gasteiger partial charge in [-0.05, 0) is 31.0 Å². The van der Waals surface area contributed by atoms with Crippen molar-refractivity contribution in [2.45, 2.75) is 26.7 Å². The molecule has 1 N–H and O–H groups in total. The van der Waals surface area contributed by atoms with E-state index in [0.717, 1.165) is 11.4 Å². The second-order valence-corrected chi connectivity index (χ2v) is 4.97. The van der Waals surface area contributed by atoms with Gasteiger partial charge in [-0.15, -0.1) is 0 Å². The van der Waals surface area contributed by atoms with Crippen LogP contribution >= 0.6 is 11.6 Å². The van der Waals surface area contributed by atoms with Gasteiger partial charge in [0.1, 0.15) is 5.15 Å². The number of hydrogen-bond donors (Lipinski definition) is 1. The predicted octanol–water partition coefficient (Wildman–Crippen LogP) is 4.31. The first kappa shape index (κ1) is 12.8. The zero-order valence-corrected chi connectivity index (χ0v) is 11.5. The van der Waals surface area contributed by atoms with Crippen molar-refractivity contribution >= 4 is 23.2 Å². The summed E-state index contributed by atoms with van der Waals surface area (Å²) in [7, 11) is 0. The standard InChI is InChI=1S/C14H16ClN3/c1-9(2)12-8-13(15)18-14(17-12)16-11-6-4-10(3)5-7-11/h4-9H,1-3H3,(H,16,17,18). The Kier molecular flexibility index (Phi) is 3.82. The van der Waals surface area contributed by atoms with Crippen molar-refractivity contribution in [2.24, 2.45) is 0 Å². The second kappa shape index (κ2) is 5.36. The van der Waals surface area contributed by atoms with Crippen molar-refractivity contribution in [1.82, 2.24) is 9.97 Å². The van der Waals surface area contributed by atoms with Crippen LogP contribution in [-0.4, -0.2) is 9.97 Å². The molecule has 0 saturated carbocycles. The van der Waals surface area contributed by atoms with Gasteiger partial charge in [-0.2, -0.15) is 0 Å². The van der Waals surface area contributed by atoms with Crippen LogP contribution in [0.2, 0.25) is 5.15 Å². The number of rotatable bonds is 3. The van der Waals surface area contributed by atoms with E-state index in [1.807, 2.05) is 24.3 Å². The molecule has 18 heavy (non-hydrogen) atoms. The van der Waals surface area contributed by atoms with E-state index in [-0.39, 0.29) is 0 Å². The molecular weight excluding hydrogens is 246 g/mol. The number of nitrogens with zero attached hydrogens (tertiary/aromatic N) is 2. The number of aryl methyl sites for hydroxylation is 1. The molecule has 1 aromatic carbocycles. The minimum atomic E-state index is 0.323. The van der Waals surface area contributed by atoms with Crippen LogP contribution in [0, 0.1) is 6.92 Å². The third-order valence-electron chi connectivity index (χ3n) is 2.61. The molecule has 4 heteroatoms. The molecule has 0 aliphatic carbocycles. The first-order valence-electron chi connectivity index (χ1n) is 5.93. The summed E-state index contributed by atoms with van der Waals surface area (Å²) in [5, 5.41) is 3.62. The van der Waals surface area contributed by atoms with Crippen molar-refractivity contribution in [3.05, 3.63) is 46.7 Å². The molecule has 0 aliphatic rings. The van der Waals surface area contributed by atoms with Gasteiger partial charge in [-0.3, -0.25) is 0 Å². The van der Waals surface area contributed by atoms with Crippen molar-refractivity contribution in [2.75, 3.05) is 5.32 Å². The Morgan fingerprint density at radius 3 is 2.39 bits per heavy atom. The van der Waals surface area contributed by atoms with Crippen LogP contribution in [0.4, 0.5) is 11.6 Å². The lowest BCUT2D eigenvalue weighted by Crippen LogP contribution is -2.01. The van der Waals surface area contributed by atoms with E-state index in [1.165, 1.54) is 5.56 Å². The molecule has 0 radical (unpaired) electrons. The van der Waals surface area contributed by atoms with Crippen molar-refractivity contribution in [3.63, 3.8) is 0 Å². The SMILES string of the molecule is Cc1ccc(Nc2nc(Cl)cc(C(C)C)n2)cc1. The van der Waals surface area contributed by atoms with Crippen LogP contribution in [0.3, 0.4) is 0 Å². The molecule has 0 unspecified atom stereocenters. The highest BCUT2D eigenvalue weighted by molar-refractivity contribution is 6.29. The fourth-order valence-corrected chi connectivity index (χ4v) is 1.74. The molecule has 0 amide bonds. The summed E-state index contributed by atoms with van der Waals surface area (Å²) >= 11 is 5.99. The summed E-state index contributed by atoms with van der Waals surface area (Å²) in [6, 6.07) is 9.86. The molecule has 1 aromatic heterocycles. The number of benzene rings is 1. The molecular formula is C14H16ClN3. The number of halogens is 1. The van der Waals surface area contributed by atoms with Gasteiger partial charge in [0.05, 0.1) is 5.69 Å². The highest BCUT2D eigenvalue weighted by Crippen LogP contribution is 2.20. The Morgan fingerprint density at radius 1 is 1.11 bits per heavy atom. The number of anilines is 2. The summed E-state index contributed by atoms with van der Waals surface area (Å²) in [5.41, 5.74) is 3.11. The van der Waals surface area contributed by atoms with E-state index < -0.39 is 0 Å². The Hall–Kier alpha value is -1.61. The molecule has 0 fully saturated rings. The molecule has 94 valence electrons. The normalized spacial score (nSPS) is 10.7. The molecule has 0 saturated heterocycles. The van der Waals surface area contributed by atoms with E-state index in [0.29, 0.717) is 17.0 Å². The van der Waals surface area contributed by atoms with Gasteiger partial charge in [0, 0.05) is 5.69 Å². The summed E-state index contributed by atoms with van der Waals surface area (Å²) in [6.07, 6.45) is 0. The van der Waals surface area contributed by atoms with Crippen molar-refractivity contribution in [3.8, 4) is 0 Å². The molecule has 0 spiro atoms. The predicted molar refractivity (Wildman–Crippen MR) is 75.6 cm³/mol. The molecule has 0 aliphatic heterocycles. The van der Waals surface area contributed by atoms with E-state index in [9.17, 15) is 0 Å². The summed E-state index contributed by atoms with van der Waals surface area (Å²) in [6.45, 7) is 6.21. The Labute approximate surface area is 112 Å². The van der Waals surface area contributed by atoms with Gasteiger partial charge >= 0.3 is 0 Å². The maximum Gasteiger partial charge on any atom is 0.228 e. The molecule has 1 heterocycles. The van der Waals surface area contributed by atoms with E-state index in [1.54, 1.807) is 6.07 Å². The van der Waals surface area contributed by atoms with Crippen molar-refractivity contribution in [1.29, 1.82) is 0 Å². The first-order valence-corrected chi connectivity index (χ1v) is 6.30. The largest absolute Gasteiger partial charge is 0.324 e. The van der Waals surface area contributed by atoms with Gasteiger partial charge in [0.15, 0.2) is 0 Å². The average molecular weight is 262 g/mol. The fraction of sp³-hybridized carbons (Fsp3) is 0.286. The second-order valence-electron chi connectivity index (χ2n) is 4.58. The summed E-state index contributed by atoms with van der Waals surface area (Å²) in [4.78, 5) is 8.62. The van der Waals surface area contributed by atoms with Gasteiger partial charge < -0.3 is 5.32 Å². The maximum atomic E-state index is 5.99. The van der Waals surface area contributed by atoms with Crippen LogP contribution in [0.25, 0.3) is 0 Å². The zero-order valence-electron chi connectivity index (χ0n) is 10.7. The number of nitrogens with one attached hydrogen (secondary N) is 1. The third kappa shape index (κ3) is 3.20. The molecule has 2 aromatic rings. The minimum absolute atomic E-state index is 0.323. The topological polar surface area (TPSA) is 37.8 Å². The monoisotopic (exact) mass is 261 g/mol. The van der Waals surface area contributed by atoms with Crippen molar-refractivity contribution < 1.29 is 0 Å². The summed E-state index contributed by atoms with van der Waals surface area (Å²) in [5.74, 6) is 0.860. The van der Waals surface area contributed by atoms with Crippen LogP contribution in [0.5, 0.6) is 0 Å². The van der Waals surface area contributed by atoms with Gasteiger partial charge in [-0.25, -0.2) is 9.97 Å². The smallest absolute Gasteiger partial charge is 0.228 e. The quantitative estimate of drug-likeness (QED) is 0.837. The first-order chi connectivity index (χ1) is 8.54. The Morgan fingerprint density at radius 2 is 1.78 bits per heavy atom. The molecule has 0 bridgehead atoms. The molecule has 0 atom stereocenters. The summed E-state index contributed by atoms with van der Waals surface area (Å²) < 4.78 is 0. The zero-order chi connectivity index (χ0) is 13.1. The molecule has 2 rings (SSSR count). The fourth-order valence-electron chi connectivity index (χ4n) is 1.55. The Balaban J connectivity index is 2.26. The lowest BCUT2D eigenvalue weighted by molar-refractivity contribution is 0.817. The van der Waals surface area contributed by atoms with E-state index >= 15 is 0 Å². The highest BCUT2D eigenvalue weighted by atomic mass is 35.5. The molecule has 3 nitrogen and oxygen atoms in total. The van der Waals surface area contributed by atoms with Crippen LogP contribution < -0.4 is 5.32 Å². The maximum absolute atomic E-state index is 5.99. The van der Waals surface area contributed by atoms with Crippen LogP contribution in [-0.2, 0) is 0 Å². The van der Waals surface area contributed by atoms with E-state index in [4.69, 9.17) is 11.6 Å². The van der Waals surface area contributed by atoms with Gasteiger partial charge in [0.25, 0.3) is 0 Å². The van der Waals surface area contributed by atoms with Crippen LogP contribution in [0.1, 0.15) is 31.0 Å². The number of aromatic nitrogens is 2. The lowest BCUT2D eigenvalue weighted by atomic mass is 10.1. The average Bonchev–Trinajstić information content (AvgIpc) is 2.31. The highest BCUT2D eigenvalue weighted by Gasteiger charge is 2.06. The minimum Gasteiger partial charge on any atom is -0.324 e. The number of hydrogen-bond acceptors (Lipinski definition) is 3. The lowest BCUT2D eigenvalue weighted by Gasteiger charge is -2.09. The van der Waals surface area contributed by atoms with E-state index in [2.05, 4.69) is 36.1 Å². The third-order valence-corrected chi connectivity index (χ3v) is 2.81.